The summed E-state index contributed by atoms with van der Waals surface area (Å²) in [4.78, 5) is 28.7. The van der Waals surface area contributed by atoms with E-state index in [0.717, 1.165) is 47.0 Å². The van der Waals surface area contributed by atoms with Crippen LogP contribution in [0.2, 0.25) is 5.02 Å². The average Bonchev–Trinajstić information content (AvgIpc) is 2.73. The molecule has 1 amide bonds. The van der Waals surface area contributed by atoms with E-state index in [1.54, 1.807) is 0 Å². The van der Waals surface area contributed by atoms with E-state index in [9.17, 15) is 9.59 Å². The molecule has 158 valence electrons. The van der Waals surface area contributed by atoms with E-state index >= 15 is 0 Å². The van der Waals surface area contributed by atoms with Crippen molar-refractivity contribution in [3.05, 3.63) is 58.1 Å². The predicted octanol–water partition coefficient (Wildman–Crippen LogP) is 3.86. The molecule has 1 heterocycles. The molecule has 0 saturated carbocycles. The molecule has 2 aromatic rings. The fourth-order valence-electron chi connectivity index (χ4n) is 4.38. The van der Waals surface area contributed by atoms with Crippen molar-refractivity contribution in [2.24, 2.45) is 0 Å². The molecule has 6 heteroatoms. The Labute approximate surface area is 183 Å². The zero-order valence-electron chi connectivity index (χ0n) is 17.6. The molecule has 1 aliphatic heterocycles. The maximum Gasteiger partial charge on any atom is 0.242 e. The van der Waals surface area contributed by atoms with Crippen molar-refractivity contribution in [2.75, 3.05) is 36.4 Å². The number of hydrogen-bond acceptors (Lipinski definition) is 4. The van der Waals surface area contributed by atoms with Gasteiger partial charge in [0.25, 0.3) is 0 Å². The van der Waals surface area contributed by atoms with Crippen molar-refractivity contribution in [1.29, 1.82) is 0 Å². The van der Waals surface area contributed by atoms with E-state index in [1.807, 2.05) is 36.1 Å². The second kappa shape index (κ2) is 8.68. The number of nitrogens with zero attached hydrogens (tertiary/aromatic N) is 2. The third-order valence-corrected chi connectivity index (χ3v) is 6.59. The SMILES string of the molecule is Cc1cc(N2CCN(C(=O)CNc3ccc4c(c3)CCC(=O)C4)[C@H](C)C2)ccc1Cl. The van der Waals surface area contributed by atoms with Crippen LogP contribution < -0.4 is 10.2 Å². The molecule has 4 rings (SSSR count). The maximum atomic E-state index is 12.8. The van der Waals surface area contributed by atoms with Crippen LogP contribution in [0, 0.1) is 6.92 Å². The van der Waals surface area contributed by atoms with Gasteiger partial charge in [-0.3, -0.25) is 9.59 Å². The monoisotopic (exact) mass is 425 g/mol. The topological polar surface area (TPSA) is 52.6 Å². The molecule has 1 fully saturated rings. The van der Waals surface area contributed by atoms with Crippen molar-refractivity contribution in [3.8, 4) is 0 Å². The van der Waals surface area contributed by atoms with Gasteiger partial charge in [0, 0.05) is 54.9 Å². The van der Waals surface area contributed by atoms with E-state index in [1.165, 1.54) is 5.56 Å². The summed E-state index contributed by atoms with van der Waals surface area (Å²) in [5.41, 5.74) is 5.50. The fourth-order valence-corrected chi connectivity index (χ4v) is 4.50. The first-order chi connectivity index (χ1) is 14.4. The lowest BCUT2D eigenvalue weighted by Crippen LogP contribution is -2.55. The van der Waals surface area contributed by atoms with Crippen LogP contribution >= 0.6 is 11.6 Å². The Kier molecular flexibility index (Phi) is 6.00. The van der Waals surface area contributed by atoms with Crippen molar-refractivity contribution in [3.63, 3.8) is 0 Å². The van der Waals surface area contributed by atoms with Crippen molar-refractivity contribution in [2.45, 2.75) is 39.2 Å². The molecule has 0 bridgehead atoms. The van der Waals surface area contributed by atoms with Crippen LogP contribution in [0.3, 0.4) is 0 Å². The molecule has 30 heavy (non-hydrogen) atoms. The van der Waals surface area contributed by atoms with Gasteiger partial charge in [0.05, 0.1) is 6.54 Å². The van der Waals surface area contributed by atoms with Gasteiger partial charge < -0.3 is 15.1 Å². The number of ketones is 1. The minimum atomic E-state index is 0.113. The van der Waals surface area contributed by atoms with Crippen LogP contribution in [0.1, 0.15) is 30.0 Å². The van der Waals surface area contributed by atoms with Crippen LogP contribution in [0.5, 0.6) is 0 Å². The molecule has 0 spiro atoms. The van der Waals surface area contributed by atoms with E-state index in [-0.39, 0.29) is 18.5 Å². The number of rotatable bonds is 4. The number of halogens is 1. The summed E-state index contributed by atoms with van der Waals surface area (Å²) in [7, 11) is 0. The van der Waals surface area contributed by atoms with Crippen LogP contribution in [0.15, 0.2) is 36.4 Å². The van der Waals surface area contributed by atoms with E-state index in [2.05, 4.69) is 29.3 Å². The molecule has 1 aliphatic carbocycles. The molecule has 1 N–H and O–H groups in total. The zero-order valence-corrected chi connectivity index (χ0v) is 18.3. The largest absolute Gasteiger partial charge is 0.376 e. The summed E-state index contributed by atoms with van der Waals surface area (Å²) in [6, 6.07) is 12.3. The quantitative estimate of drug-likeness (QED) is 0.808. The van der Waals surface area contributed by atoms with Crippen molar-refractivity contribution >= 4 is 34.7 Å². The van der Waals surface area contributed by atoms with Crippen molar-refractivity contribution in [1.82, 2.24) is 4.90 Å². The smallest absolute Gasteiger partial charge is 0.242 e. The number of nitrogens with one attached hydrogen (secondary N) is 1. The molecular formula is C24H28ClN3O2. The number of Topliss-reactive ketones (excluding diaryl/α,β-unsaturated/α-hetero) is 1. The molecule has 0 aromatic heterocycles. The Balaban J connectivity index is 1.33. The lowest BCUT2D eigenvalue weighted by molar-refractivity contribution is -0.131. The Morgan fingerprint density at radius 2 is 1.97 bits per heavy atom. The Hall–Kier alpha value is -2.53. The highest BCUT2D eigenvalue weighted by molar-refractivity contribution is 6.31. The Bertz CT molecular complexity index is 975. The maximum absolute atomic E-state index is 12.8. The van der Waals surface area contributed by atoms with Crippen LogP contribution in [0.25, 0.3) is 0 Å². The lowest BCUT2D eigenvalue weighted by atomic mass is 9.90. The highest BCUT2D eigenvalue weighted by Gasteiger charge is 2.27. The van der Waals surface area contributed by atoms with Crippen LogP contribution in [0.4, 0.5) is 11.4 Å². The third-order valence-electron chi connectivity index (χ3n) is 6.17. The molecule has 2 aromatic carbocycles. The van der Waals surface area contributed by atoms with Crippen LogP contribution in [-0.2, 0) is 22.4 Å². The van der Waals surface area contributed by atoms with E-state index in [0.29, 0.717) is 25.2 Å². The van der Waals surface area contributed by atoms with Gasteiger partial charge in [-0.25, -0.2) is 0 Å². The lowest BCUT2D eigenvalue weighted by Gasteiger charge is -2.41. The van der Waals surface area contributed by atoms with Gasteiger partial charge in [-0.2, -0.15) is 0 Å². The minimum absolute atomic E-state index is 0.113. The first-order valence-electron chi connectivity index (χ1n) is 10.6. The standard InChI is InChI=1S/C24H28ClN3O2/c1-16-11-21(6-8-23(16)25)27-9-10-28(17(2)15-27)24(30)14-26-20-5-3-19-13-22(29)7-4-18(19)12-20/h3,5-6,8,11-12,17,26H,4,7,9-10,13-15H2,1-2H3/t17-/m1/s1. The normalized spacial score (nSPS) is 18.9. The number of fused-ring (bicyclic) bond motifs is 1. The number of carbonyl (C=O) groups excluding carboxylic acids is 2. The van der Waals surface area contributed by atoms with Gasteiger partial charge in [-0.15, -0.1) is 0 Å². The third kappa shape index (κ3) is 4.46. The van der Waals surface area contributed by atoms with Crippen molar-refractivity contribution < 1.29 is 9.59 Å². The van der Waals surface area contributed by atoms with Gasteiger partial charge in [0.15, 0.2) is 0 Å². The summed E-state index contributed by atoms with van der Waals surface area (Å²) in [5.74, 6) is 0.419. The molecule has 1 atom stereocenters. The minimum Gasteiger partial charge on any atom is -0.376 e. The van der Waals surface area contributed by atoms with E-state index < -0.39 is 0 Å². The number of aryl methyl sites for hydroxylation is 2. The van der Waals surface area contributed by atoms with Gasteiger partial charge in [0.1, 0.15) is 5.78 Å². The van der Waals surface area contributed by atoms with Gasteiger partial charge in [-0.1, -0.05) is 17.7 Å². The number of carbonyl (C=O) groups is 2. The second-order valence-electron chi connectivity index (χ2n) is 8.37. The second-order valence-corrected chi connectivity index (χ2v) is 8.78. The summed E-state index contributed by atoms with van der Waals surface area (Å²) in [5, 5.41) is 4.05. The number of benzene rings is 2. The Morgan fingerprint density at radius 3 is 2.73 bits per heavy atom. The number of hydrogen-bond donors (Lipinski definition) is 1. The Morgan fingerprint density at radius 1 is 1.13 bits per heavy atom. The van der Waals surface area contributed by atoms with Gasteiger partial charge in [-0.05, 0) is 67.3 Å². The summed E-state index contributed by atoms with van der Waals surface area (Å²) in [6.07, 6.45) is 1.94. The van der Waals surface area contributed by atoms with Gasteiger partial charge in [0.2, 0.25) is 5.91 Å². The fraction of sp³-hybridized carbons (Fsp3) is 0.417. The summed E-state index contributed by atoms with van der Waals surface area (Å²) < 4.78 is 0. The highest BCUT2D eigenvalue weighted by atomic mass is 35.5. The molecule has 2 aliphatic rings. The summed E-state index contributed by atoms with van der Waals surface area (Å²) >= 11 is 6.15. The predicted molar refractivity (Wildman–Crippen MR) is 122 cm³/mol. The zero-order chi connectivity index (χ0) is 21.3. The average molecular weight is 426 g/mol. The van der Waals surface area contributed by atoms with Crippen LogP contribution in [-0.4, -0.2) is 48.8 Å². The summed E-state index contributed by atoms with van der Waals surface area (Å²) in [6.45, 7) is 6.71. The van der Waals surface area contributed by atoms with Gasteiger partial charge >= 0.3 is 0 Å². The molecule has 0 unspecified atom stereocenters. The number of anilines is 2. The highest BCUT2D eigenvalue weighted by Crippen LogP contribution is 2.25. The molecule has 5 nitrogen and oxygen atoms in total. The number of amides is 1. The molecule has 1 saturated heterocycles. The first kappa shape index (κ1) is 20.7. The first-order valence-corrected chi connectivity index (χ1v) is 11.0. The number of piperazine rings is 1. The molecule has 0 radical (unpaired) electrons. The van der Waals surface area contributed by atoms with E-state index in [4.69, 9.17) is 11.6 Å². The molecular weight excluding hydrogens is 398 g/mol.